The Morgan fingerprint density at radius 1 is 0.250 bits per heavy atom. The fourth-order valence-electron chi connectivity index (χ4n) is 7.59. The molecular weight excluding hydrogens is 705 g/mol. The Morgan fingerprint density at radius 3 is 0.643 bits per heavy atom. The van der Waals surface area contributed by atoms with E-state index in [0.717, 1.165) is 0 Å². The van der Waals surface area contributed by atoms with Crippen LogP contribution in [-0.4, -0.2) is 43.6 Å². The predicted molar refractivity (Wildman–Crippen MR) is 213 cm³/mol. The van der Waals surface area contributed by atoms with Gasteiger partial charge in [0.15, 0.2) is 23.1 Å². The summed E-state index contributed by atoms with van der Waals surface area (Å²) < 4.78 is 0. The summed E-state index contributed by atoms with van der Waals surface area (Å²) >= 11 is 0. The normalized spacial score (nSPS) is 19.2. The van der Waals surface area contributed by atoms with Crippen molar-refractivity contribution >= 4 is 66.2 Å². The molecule has 0 radical (unpaired) electrons. The highest BCUT2D eigenvalue weighted by atomic mass is 16.3. The fraction of sp³-hybridized carbons (Fsp3) is 0.0833. The molecule has 15 aliphatic rings. The predicted octanol–water partition coefficient (Wildman–Crippen LogP) is 8.28. The van der Waals surface area contributed by atoms with Gasteiger partial charge in [-0.1, -0.05) is 97.1 Å². The lowest BCUT2D eigenvalue weighted by molar-refractivity contribution is 0.0743. The molecule has 0 amide bonds. The molecule has 4 atom stereocenters. The monoisotopic (exact) mass is 736 g/mol. The van der Waals surface area contributed by atoms with Crippen molar-refractivity contribution in [3.05, 3.63) is 190 Å². The van der Waals surface area contributed by atoms with Crippen molar-refractivity contribution in [2.24, 2.45) is 0 Å². The van der Waals surface area contributed by atoms with Crippen LogP contribution in [0.5, 0.6) is 0 Å². The molecule has 23 rings (SSSR count). The molecule has 4 N–H and O–H groups in total. The molecule has 8 aromatic carbocycles. The molecule has 0 unspecified atom stereocenters. The van der Waals surface area contributed by atoms with Crippen molar-refractivity contribution in [2.75, 3.05) is 0 Å². The van der Waals surface area contributed by atoms with Crippen LogP contribution in [0.1, 0.15) is 88.1 Å². The van der Waals surface area contributed by atoms with E-state index in [2.05, 4.69) is 0 Å². The maximum atomic E-state index is 13.5. The summed E-state index contributed by atoms with van der Waals surface area (Å²) in [6.45, 7) is 0. The highest BCUT2D eigenvalue weighted by Crippen LogP contribution is 2.32. The van der Waals surface area contributed by atoms with Gasteiger partial charge in [-0.15, -0.1) is 0 Å². The Labute approximate surface area is 319 Å². The average Bonchev–Trinajstić information content (AvgIpc) is 3.25. The number of hydrogen-bond donors (Lipinski definition) is 4. The second-order valence-corrected chi connectivity index (χ2v) is 14.4. The van der Waals surface area contributed by atoms with Crippen LogP contribution >= 0.6 is 0 Å². The summed E-state index contributed by atoms with van der Waals surface area (Å²) in [4.78, 5) is 54.0. The SMILES string of the molecule is O=C1c2ccc3cc(ccc3c2)[C@@H](O)C(=O)c2ccc3cc(ccc3c2)C(=O)[C@H](O)c2ccc3cc(ccc3c2)C(=O)[C@@H](O)c2ccc3cc(ccc3c2)[C@@H]1O. The molecule has 8 nitrogen and oxygen atoms in total. The van der Waals surface area contributed by atoms with Crippen LogP contribution in [0.25, 0.3) is 43.1 Å². The molecule has 0 fully saturated rings. The molecule has 8 heteroatoms. The van der Waals surface area contributed by atoms with Crippen LogP contribution < -0.4 is 0 Å². The van der Waals surface area contributed by atoms with Crippen LogP contribution in [0.3, 0.4) is 0 Å². The Morgan fingerprint density at radius 2 is 0.429 bits per heavy atom. The minimum Gasteiger partial charge on any atom is -0.380 e. The second kappa shape index (κ2) is 13.6. The Kier molecular flexibility index (Phi) is 8.49. The van der Waals surface area contributed by atoms with Crippen molar-refractivity contribution in [3.8, 4) is 0 Å². The number of rotatable bonds is 0. The first-order valence-electron chi connectivity index (χ1n) is 18.1. The molecule has 0 aromatic heterocycles. The Balaban J connectivity index is 1.12. The minimum atomic E-state index is -1.47. The smallest absolute Gasteiger partial charge is 0.195 e. The van der Waals surface area contributed by atoms with E-state index in [9.17, 15) is 39.6 Å². The van der Waals surface area contributed by atoms with Gasteiger partial charge in [0.2, 0.25) is 0 Å². The molecule has 0 spiro atoms. The van der Waals surface area contributed by atoms with Crippen molar-refractivity contribution in [1.29, 1.82) is 0 Å². The van der Waals surface area contributed by atoms with Gasteiger partial charge in [0, 0.05) is 22.3 Å². The number of aliphatic hydroxyl groups is 4. The number of hydrogen-bond acceptors (Lipinski definition) is 8. The minimum absolute atomic E-state index is 0.273. The third-order valence-corrected chi connectivity index (χ3v) is 10.9. The first kappa shape index (κ1) is 35.0. The van der Waals surface area contributed by atoms with Gasteiger partial charge >= 0.3 is 0 Å². The average molecular weight is 737 g/mol. The number of Topliss-reactive ketones (excluding diaryl/α,β-unsaturated/α-hetero) is 4. The van der Waals surface area contributed by atoms with E-state index in [-0.39, 0.29) is 22.3 Å². The quantitative estimate of drug-likeness (QED) is 0.122. The first-order valence-corrected chi connectivity index (χ1v) is 18.1. The topological polar surface area (TPSA) is 149 Å². The summed E-state index contributed by atoms with van der Waals surface area (Å²) in [5.41, 5.74) is 2.59. The van der Waals surface area contributed by atoms with Gasteiger partial charge in [-0.3, -0.25) is 19.2 Å². The van der Waals surface area contributed by atoms with E-state index in [1.165, 1.54) is 0 Å². The molecule has 15 aliphatic carbocycles. The maximum absolute atomic E-state index is 13.5. The lowest BCUT2D eigenvalue weighted by atomic mass is 9.92. The van der Waals surface area contributed by atoms with Crippen LogP contribution in [0.4, 0.5) is 0 Å². The summed E-state index contributed by atoms with van der Waals surface area (Å²) in [5, 5.41) is 50.1. The van der Waals surface area contributed by atoms with Gasteiger partial charge in [-0.25, -0.2) is 0 Å². The van der Waals surface area contributed by atoms with Gasteiger partial charge in [0.25, 0.3) is 0 Å². The van der Waals surface area contributed by atoms with Gasteiger partial charge in [0.05, 0.1) is 0 Å². The maximum Gasteiger partial charge on any atom is 0.195 e. The van der Waals surface area contributed by atoms with Gasteiger partial charge in [-0.2, -0.15) is 0 Å². The van der Waals surface area contributed by atoms with Crippen LogP contribution in [0.15, 0.2) is 146 Å². The highest BCUT2D eigenvalue weighted by molar-refractivity contribution is 6.08. The zero-order valence-corrected chi connectivity index (χ0v) is 29.6. The number of carbonyl (C=O) groups is 4. The molecule has 0 saturated heterocycles. The van der Waals surface area contributed by atoms with Crippen LogP contribution in [0, 0.1) is 0 Å². The molecular formula is C48H32O8. The zero-order chi connectivity index (χ0) is 38.8. The van der Waals surface area contributed by atoms with Crippen LogP contribution in [0.2, 0.25) is 0 Å². The van der Waals surface area contributed by atoms with Crippen molar-refractivity contribution in [3.63, 3.8) is 0 Å². The van der Waals surface area contributed by atoms with Gasteiger partial charge in [0.1, 0.15) is 24.4 Å². The lowest BCUT2D eigenvalue weighted by Crippen LogP contribution is -2.14. The Hall–Kier alpha value is -6.68. The molecule has 8 aromatic rings. The molecule has 0 saturated carbocycles. The molecule has 0 aliphatic heterocycles. The van der Waals surface area contributed by atoms with E-state index in [0.29, 0.717) is 65.3 Å². The summed E-state index contributed by atoms with van der Waals surface area (Å²) in [6, 6.07) is 39.8. The van der Waals surface area contributed by atoms with Crippen molar-refractivity contribution < 1.29 is 39.6 Å². The van der Waals surface area contributed by atoms with Gasteiger partial charge < -0.3 is 20.4 Å². The standard InChI is InChI=1S/C48H32O8/c49-41-33-9-1-25-17-34(10-2-26(25)18-33)42(50)44(52)36-12-4-30-22-38(14-6-29(30)20-36)46(54)48(56)40-16-8-31-23-39(15-7-32(31)24-40)47(55)45(53)37-13-5-27-19-35(43(41)51)11-3-28(27)21-37/h1-24,41-42,45-46,49-50,53-54H/t41-,42-,45+,46+/m0/s1. The summed E-state index contributed by atoms with van der Waals surface area (Å²) in [7, 11) is 0. The first-order chi connectivity index (χ1) is 27.0. The summed E-state index contributed by atoms with van der Waals surface area (Å²) in [5.74, 6) is -2.05. The Bertz CT molecular complexity index is 2780. The fourth-order valence-corrected chi connectivity index (χ4v) is 7.59. The largest absolute Gasteiger partial charge is 0.380 e. The third kappa shape index (κ3) is 6.07. The van der Waals surface area contributed by atoms with Crippen LogP contribution in [-0.2, 0) is 0 Å². The lowest BCUT2D eigenvalue weighted by Gasteiger charge is -2.15. The van der Waals surface area contributed by atoms with E-state index in [1.807, 2.05) is 0 Å². The highest BCUT2D eigenvalue weighted by Gasteiger charge is 2.25. The van der Waals surface area contributed by atoms with E-state index < -0.39 is 47.5 Å². The third-order valence-electron chi connectivity index (χ3n) is 10.9. The van der Waals surface area contributed by atoms with E-state index in [4.69, 9.17) is 0 Å². The molecule has 56 heavy (non-hydrogen) atoms. The van der Waals surface area contributed by atoms with Crippen molar-refractivity contribution in [1.82, 2.24) is 0 Å². The zero-order valence-electron chi connectivity index (χ0n) is 29.6. The number of aliphatic hydroxyl groups excluding tert-OH is 4. The summed E-state index contributed by atoms with van der Waals surface area (Å²) in [6.07, 6.45) is -5.85. The molecule has 16 bridgehead atoms. The number of ketones is 4. The van der Waals surface area contributed by atoms with E-state index >= 15 is 0 Å². The number of carbonyl (C=O) groups excluding carboxylic acids is 4. The molecule has 272 valence electrons. The van der Waals surface area contributed by atoms with Crippen molar-refractivity contribution in [2.45, 2.75) is 24.4 Å². The second-order valence-electron chi connectivity index (χ2n) is 14.4. The van der Waals surface area contributed by atoms with Gasteiger partial charge in [-0.05, 0) is 114 Å². The molecule has 0 heterocycles. The number of benzene rings is 8. The van der Waals surface area contributed by atoms with E-state index in [1.54, 1.807) is 146 Å².